The smallest absolute Gasteiger partial charge is 0.272 e. The number of rotatable bonds is 5. The van der Waals surface area contributed by atoms with Gasteiger partial charge in [-0.3, -0.25) is 14.9 Å². The maximum absolute atomic E-state index is 12.5. The quantitative estimate of drug-likeness (QED) is 0.560. The van der Waals surface area contributed by atoms with Crippen molar-refractivity contribution in [2.45, 2.75) is 20.4 Å². The lowest BCUT2D eigenvalue weighted by Crippen LogP contribution is -2.12. The van der Waals surface area contributed by atoms with Gasteiger partial charge in [0.25, 0.3) is 11.6 Å². The molecule has 1 amide bonds. The van der Waals surface area contributed by atoms with Crippen LogP contribution >= 0.6 is 0 Å². The van der Waals surface area contributed by atoms with Crippen molar-refractivity contribution in [2.75, 3.05) is 5.32 Å². The van der Waals surface area contributed by atoms with E-state index in [-0.39, 0.29) is 11.6 Å². The fourth-order valence-electron chi connectivity index (χ4n) is 2.65. The molecule has 0 aliphatic heterocycles. The van der Waals surface area contributed by atoms with E-state index in [1.54, 1.807) is 19.3 Å². The molecule has 0 atom stereocenters. The Morgan fingerprint density at radius 3 is 2.77 bits per heavy atom. The van der Waals surface area contributed by atoms with Crippen LogP contribution < -0.4 is 5.32 Å². The Morgan fingerprint density at radius 2 is 2.08 bits per heavy atom. The summed E-state index contributed by atoms with van der Waals surface area (Å²) in [5.41, 5.74) is 2.22. The Hall–Kier alpha value is -3.55. The lowest BCUT2D eigenvalue weighted by Gasteiger charge is -2.08. The molecule has 132 valence electrons. The number of amides is 1. The molecular weight excluding hydrogens is 334 g/mol. The highest BCUT2D eigenvalue weighted by atomic mass is 16.6. The molecule has 26 heavy (non-hydrogen) atoms. The number of hydrogen-bond donors (Lipinski definition) is 1. The van der Waals surface area contributed by atoms with Crippen molar-refractivity contribution in [2.24, 2.45) is 0 Å². The van der Waals surface area contributed by atoms with Gasteiger partial charge in [-0.1, -0.05) is 12.1 Å². The molecule has 1 N–H and O–H groups in total. The number of carbonyl (C=O) groups excluding carboxylic acids is 1. The Morgan fingerprint density at radius 1 is 1.27 bits per heavy atom. The van der Waals surface area contributed by atoms with Gasteiger partial charge >= 0.3 is 0 Å². The molecule has 0 fully saturated rings. The van der Waals surface area contributed by atoms with Gasteiger partial charge in [0.15, 0.2) is 5.82 Å². The topological polar surface area (TPSA) is 103 Å². The fourth-order valence-corrected chi connectivity index (χ4v) is 2.65. The summed E-state index contributed by atoms with van der Waals surface area (Å²) in [5.74, 6) is 0.381. The number of nitrogens with one attached hydrogen (secondary N) is 1. The number of nitrogens with zero attached hydrogens (tertiary/aromatic N) is 4. The molecule has 3 rings (SSSR count). The highest BCUT2D eigenvalue weighted by Crippen LogP contribution is 2.22. The Balaban J connectivity index is 1.83. The standard InChI is InChI=1S/C18H17N5O3/c1-3-22-11-19-21-17(22)13-5-4-6-15(10-13)20-18(24)14-7-8-16(23(25)26)12(2)9-14/h4-11H,3H2,1-2H3,(H,20,24). The zero-order valence-corrected chi connectivity index (χ0v) is 14.3. The van der Waals surface area contributed by atoms with Gasteiger partial charge in [0.05, 0.1) is 4.92 Å². The highest BCUT2D eigenvalue weighted by Gasteiger charge is 2.14. The largest absolute Gasteiger partial charge is 0.322 e. The van der Waals surface area contributed by atoms with Crippen LogP contribution in [0.15, 0.2) is 48.8 Å². The molecule has 8 heteroatoms. The fraction of sp³-hybridized carbons (Fsp3) is 0.167. The van der Waals surface area contributed by atoms with Gasteiger partial charge < -0.3 is 9.88 Å². The molecule has 3 aromatic rings. The van der Waals surface area contributed by atoms with Crippen molar-refractivity contribution in [1.29, 1.82) is 0 Å². The van der Waals surface area contributed by atoms with Crippen LogP contribution in [0.3, 0.4) is 0 Å². The lowest BCUT2D eigenvalue weighted by molar-refractivity contribution is -0.385. The number of aromatic nitrogens is 3. The minimum atomic E-state index is -0.468. The zero-order chi connectivity index (χ0) is 18.7. The Kier molecular flexibility index (Phi) is 4.74. The Labute approximate surface area is 149 Å². The maximum Gasteiger partial charge on any atom is 0.272 e. The van der Waals surface area contributed by atoms with Crippen LogP contribution in [0.4, 0.5) is 11.4 Å². The second-order valence-corrected chi connectivity index (χ2v) is 5.73. The molecule has 2 aromatic carbocycles. The van der Waals surface area contributed by atoms with E-state index in [1.807, 2.05) is 29.7 Å². The van der Waals surface area contributed by atoms with Crippen LogP contribution in [-0.2, 0) is 6.54 Å². The molecule has 0 saturated carbocycles. The van der Waals surface area contributed by atoms with Crippen molar-refractivity contribution in [3.63, 3.8) is 0 Å². The average Bonchev–Trinajstić information content (AvgIpc) is 3.10. The first-order chi connectivity index (χ1) is 12.5. The molecular formula is C18H17N5O3. The minimum absolute atomic E-state index is 0.0116. The van der Waals surface area contributed by atoms with E-state index in [2.05, 4.69) is 15.5 Å². The number of anilines is 1. The van der Waals surface area contributed by atoms with E-state index in [0.717, 1.165) is 17.9 Å². The first-order valence-electron chi connectivity index (χ1n) is 8.04. The van der Waals surface area contributed by atoms with E-state index < -0.39 is 4.92 Å². The third-order valence-electron chi connectivity index (χ3n) is 3.99. The van der Waals surface area contributed by atoms with Crippen LogP contribution in [0.25, 0.3) is 11.4 Å². The number of aryl methyl sites for hydroxylation is 2. The molecule has 0 unspecified atom stereocenters. The van der Waals surface area contributed by atoms with Gasteiger partial charge in [-0.15, -0.1) is 10.2 Å². The van der Waals surface area contributed by atoms with E-state index in [4.69, 9.17) is 0 Å². The molecule has 0 saturated heterocycles. The normalized spacial score (nSPS) is 10.5. The van der Waals surface area contributed by atoms with Crippen molar-refractivity contribution in [1.82, 2.24) is 14.8 Å². The molecule has 1 heterocycles. The Bertz CT molecular complexity index is 980. The zero-order valence-electron chi connectivity index (χ0n) is 14.3. The summed E-state index contributed by atoms with van der Waals surface area (Å²) in [6, 6.07) is 11.6. The van der Waals surface area contributed by atoms with Crippen molar-refractivity contribution < 1.29 is 9.72 Å². The monoisotopic (exact) mass is 351 g/mol. The molecule has 0 spiro atoms. The van der Waals surface area contributed by atoms with Crippen LogP contribution in [0.2, 0.25) is 0 Å². The van der Waals surface area contributed by atoms with Gasteiger partial charge in [-0.05, 0) is 38.1 Å². The predicted molar refractivity (Wildman–Crippen MR) is 96.9 cm³/mol. The molecule has 8 nitrogen and oxygen atoms in total. The van der Waals surface area contributed by atoms with Gasteiger partial charge in [0.2, 0.25) is 0 Å². The summed E-state index contributed by atoms with van der Waals surface area (Å²) in [7, 11) is 0. The van der Waals surface area contributed by atoms with E-state index >= 15 is 0 Å². The van der Waals surface area contributed by atoms with Crippen molar-refractivity contribution in [3.05, 3.63) is 70.0 Å². The summed E-state index contributed by atoms with van der Waals surface area (Å²) >= 11 is 0. The first-order valence-corrected chi connectivity index (χ1v) is 8.04. The molecule has 0 aliphatic rings. The number of benzene rings is 2. The predicted octanol–water partition coefficient (Wildman–Crippen LogP) is 3.43. The molecule has 0 bridgehead atoms. The van der Waals surface area contributed by atoms with Crippen LogP contribution in [0, 0.1) is 17.0 Å². The number of nitro benzene ring substituents is 1. The maximum atomic E-state index is 12.5. The highest BCUT2D eigenvalue weighted by molar-refractivity contribution is 6.04. The summed E-state index contributed by atoms with van der Waals surface area (Å²) in [5, 5.41) is 21.7. The van der Waals surface area contributed by atoms with Crippen LogP contribution in [0.5, 0.6) is 0 Å². The van der Waals surface area contributed by atoms with Gasteiger partial charge in [0, 0.05) is 35.0 Å². The molecule has 0 aliphatic carbocycles. The second kappa shape index (κ2) is 7.14. The number of nitro groups is 1. The third kappa shape index (κ3) is 3.44. The van der Waals surface area contributed by atoms with Crippen LogP contribution in [0.1, 0.15) is 22.8 Å². The summed E-state index contributed by atoms with van der Waals surface area (Å²) in [4.78, 5) is 22.9. The van der Waals surface area contributed by atoms with E-state index in [1.165, 1.54) is 18.2 Å². The van der Waals surface area contributed by atoms with Crippen molar-refractivity contribution in [3.8, 4) is 11.4 Å². The third-order valence-corrected chi connectivity index (χ3v) is 3.99. The molecule has 0 radical (unpaired) electrons. The van der Waals surface area contributed by atoms with E-state index in [9.17, 15) is 14.9 Å². The summed E-state index contributed by atoms with van der Waals surface area (Å²) in [6.07, 6.45) is 1.65. The lowest BCUT2D eigenvalue weighted by atomic mass is 10.1. The second-order valence-electron chi connectivity index (χ2n) is 5.73. The number of carbonyl (C=O) groups is 1. The van der Waals surface area contributed by atoms with E-state index in [0.29, 0.717) is 16.8 Å². The summed E-state index contributed by atoms with van der Waals surface area (Å²) < 4.78 is 1.90. The van der Waals surface area contributed by atoms with Crippen LogP contribution in [-0.4, -0.2) is 25.6 Å². The van der Waals surface area contributed by atoms with Crippen molar-refractivity contribution >= 4 is 17.3 Å². The minimum Gasteiger partial charge on any atom is -0.322 e. The summed E-state index contributed by atoms with van der Waals surface area (Å²) in [6.45, 7) is 4.34. The first kappa shape index (κ1) is 17.3. The average molecular weight is 351 g/mol. The SMILES string of the molecule is CCn1cnnc1-c1cccc(NC(=O)c2ccc([N+](=O)[O-])c(C)c2)c1. The van der Waals surface area contributed by atoms with Gasteiger partial charge in [-0.25, -0.2) is 0 Å². The van der Waals surface area contributed by atoms with Gasteiger partial charge in [-0.2, -0.15) is 0 Å². The van der Waals surface area contributed by atoms with Gasteiger partial charge in [0.1, 0.15) is 6.33 Å². The number of hydrogen-bond acceptors (Lipinski definition) is 5. The molecule has 1 aromatic heterocycles.